The van der Waals surface area contributed by atoms with Gasteiger partial charge in [-0.2, -0.15) is 0 Å². The third kappa shape index (κ3) is 4.34. The van der Waals surface area contributed by atoms with Gasteiger partial charge in [0.1, 0.15) is 5.54 Å². The van der Waals surface area contributed by atoms with Crippen molar-refractivity contribution < 1.29 is 9.90 Å². The first-order valence-electron chi connectivity index (χ1n) is 7.33. The Morgan fingerprint density at radius 1 is 1.20 bits per heavy atom. The molecule has 0 atom stereocenters. The fourth-order valence-corrected chi connectivity index (χ4v) is 2.31. The zero-order valence-corrected chi connectivity index (χ0v) is 13.3. The zero-order chi connectivity index (χ0) is 15.3. The van der Waals surface area contributed by atoms with E-state index >= 15 is 0 Å². The number of carbonyl (C=O) groups is 1. The number of rotatable bonds is 7. The first-order valence-corrected chi connectivity index (χ1v) is 7.33. The molecule has 0 saturated heterocycles. The van der Waals surface area contributed by atoms with Crippen molar-refractivity contribution in [3.63, 3.8) is 0 Å². The molecule has 0 saturated carbocycles. The molecule has 0 amide bonds. The van der Waals surface area contributed by atoms with Gasteiger partial charge in [0.05, 0.1) is 0 Å². The van der Waals surface area contributed by atoms with Crippen LogP contribution in [0.4, 0.5) is 0 Å². The summed E-state index contributed by atoms with van der Waals surface area (Å²) in [6.45, 7) is 11.3. The van der Waals surface area contributed by atoms with Crippen molar-refractivity contribution in [1.29, 1.82) is 0 Å². The molecule has 3 heteroatoms. The highest BCUT2D eigenvalue weighted by Gasteiger charge is 2.33. The number of nitrogens with zero attached hydrogens (tertiary/aromatic N) is 1. The molecule has 20 heavy (non-hydrogen) atoms. The molecule has 0 aliphatic heterocycles. The Hall–Kier alpha value is -1.35. The largest absolute Gasteiger partial charge is 0.480 e. The smallest absolute Gasteiger partial charge is 0.323 e. The van der Waals surface area contributed by atoms with Crippen molar-refractivity contribution in [2.75, 3.05) is 6.54 Å². The van der Waals surface area contributed by atoms with Crippen molar-refractivity contribution in [3.05, 3.63) is 35.4 Å². The lowest BCUT2D eigenvalue weighted by Crippen LogP contribution is -2.49. The average Bonchev–Trinajstić information content (AvgIpc) is 2.36. The van der Waals surface area contributed by atoms with Gasteiger partial charge in [0, 0.05) is 6.54 Å². The lowest BCUT2D eigenvalue weighted by atomic mass is 9.99. The quantitative estimate of drug-likeness (QED) is 0.828. The van der Waals surface area contributed by atoms with Crippen LogP contribution in [0, 0.1) is 5.92 Å². The first kappa shape index (κ1) is 16.7. The number of hydrogen-bond acceptors (Lipinski definition) is 2. The minimum absolute atomic E-state index is 0.652. The molecule has 0 radical (unpaired) electrons. The second kappa shape index (κ2) is 6.89. The number of aliphatic carboxylic acids is 1. The summed E-state index contributed by atoms with van der Waals surface area (Å²) in [4.78, 5) is 13.3. The lowest BCUT2D eigenvalue weighted by molar-refractivity contribution is -0.149. The van der Waals surface area contributed by atoms with Crippen molar-refractivity contribution in [2.45, 2.75) is 53.1 Å². The Morgan fingerprint density at radius 2 is 1.70 bits per heavy atom. The van der Waals surface area contributed by atoms with Crippen LogP contribution >= 0.6 is 0 Å². The summed E-state index contributed by atoms with van der Waals surface area (Å²) in [6.07, 6.45) is 1.08. The standard InChI is InChI=1S/C17H27NO2/c1-6-18(17(4,5)16(19)20)12-15-9-7-14(8-10-15)11-13(2)3/h7-10,13H,6,11-12H2,1-5H3,(H,19,20). The summed E-state index contributed by atoms with van der Waals surface area (Å²) >= 11 is 0. The van der Waals surface area contributed by atoms with E-state index in [0.29, 0.717) is 19.0 Å². The Morgan fingerprint density at radius 3 is 2.10 bits per heavy atom. The zero-order valence-electron chi connectivity index (χ0n) is 13.3. The Balaban J connectivity index is 2.78. The molecule has 0 aromatic heterocycles. The molecule has 112 valence electrons. The van der Waals surface area contributed by atoms with Crippen molar-refractivity contribution >= 4 is 5.97 Å². The predicted molar refractivity (Wildman–Crippen MR) is 82.8 cm³/mol. The van der Waals surface area contributed by atoms with Gasteiger partial charge >= 0.3 is 5.97 Å². The van der Waals surface area contributed by atoms with Crippen LogP contribution in [-0.4, -0.2) is 28.1 Å². The molecule has 1 aromatic rings. The van der Waals surface area contributed by atoms with E-state index in [1.54, 1.807) is 13.8 Å². The molecular formula is C17H27NO2. The van der Waals surface area contributed by atoms with Gasteiger partial charge < -0.3 is 5.11 Å². The van der Waals surface area contributed by atoms with Crippen LogP contribution in [0.5, 0.6) is 0 Å². The minimum atomic E-state index is -0.842. The fourth-order valence-electron chi connectivity index (χ4n) is 2.31. The maximum absolute atomic E-state index is 11.3. The van der Waals surface area contributed by atoms with Crippen LogP contribution in [0.1, 0.15) is 45.7 Å². The summed E-state index contributed by atoms with van der Waals surface area (Å²) in [6, 6.07) is 8.52. The van der Waals surface area contributed by atoms with E-state index in [0.717, 1.165) is 12.0 Å². The Kier molecular flexibility index (Phi) is 5.75. The van der Waals surface area contributed by atoms with E-state index in [2.05, 4.69) is 38.1 Å². The normalized spacial score (nSPS) is 12.2. The summed E-state index contributed by atoms with van der Waals surface area (Å²) in [5.41, 5.74) is 1.66. The van der Waals surface area contributed by atoms with E-state index in [-0.39, 0.29) is 0 Å². The van der Waals surface area contributed by atoms with Crippen molar-refractivity contribution in [1.82, 2.24) is 4.90 Å². The molecular weight excluding hydrogens is 250 g/mol. The van der Waals surface area contributed by atoms with Gasteiger partial charge in [-0.15, -0.1) is 0 Å². The van der Waals surface area contributed by atoms with Gasteiger partial charge in [0.25, 0.3) is 0 Å². The van der Waals surface area contributed by atoms with E-state index in [1.807, 2.05) is 11.8 Å². The summed E-state index contributed by atoms with van der Waals surface area (Å²) in [5, 5.41) is 9.32. The van der Waals surface area contributed by atoms with E-state index in [4.69, 9.17) is 0 Å². The summed E-state index contributed by atoms with van der Waals surface area (Å²) in [7, 11) is 0. The molecule has 0 spiro atoms. The molecule has 0 aliphatic rings. The van der Waals surface area contributed by atoms with Crippen LogP contribution in [0.2, 0.25) is 0 Å². The van der Waals surface area contributed by atoms with E-state index < -0.39 is 11.5 Å². The second-order valence-electron chi connectivity index (χ2n) is 6.29. The summed E-state index contributed by atoms with van der Waals surface area (Å²) in [5.74, 6) is -0.130. The number of benzene rings is 1. The van der Waals surface area contributed by atoms with Gasteiger partial charge in [0.2, 0.25) is 0 Å². The third-order valence-electron chi connectivity index (χ3n) is 3.74. The minimum Gasteiger partial charge on any atom is -0.480 e. The molecule has 1 aromatic carbocycles. The average molecular weight is 277 g/mol. The monoisotopic (exact) mass is 277 g/mol. The summed E-state index contributed by atoms with van der Waals surface area (Å²) < 4.78 is 0. The number of carboxylic acids is 1. The number of carboxylic acid groups (broad SMARTS) is 1. The molecule has 0 fully saturated rings. The first-order chi connectivity index (χ1) is 9.27. The van der Waals surface area contributed by atoms with Crippen molar-refractivity contribution in [3.8, 4) is 0 Å². The molecule has 0 unspecified atom stereocenters. The molecule has 1 rings (SSSR count). The van der Waals surface area contributed by atoms with Gasteiger partial charge in [-0.1, -0.05) is 45.0 Å². The Labute approximate surface area is 122 Å². The highest BCUT2D eigenvalue weighted by atomic mass is 16.4. The SMILES string of the molecule is CCN(Cc1ccc(CC(C)C)cc1)C(C)(C)C(=O)O. The van der Waals surface area contributed by atoms with Gasteiger partial charge in [-0.05, 0) is 43.9 Å². The molecule has 0 bridgehead atoms. The third-order valence-corrected chi connectivity index (χ3v) is 3.74. The maximum atomic E-state index is 11.3. The predicted octanol–water partition coefficient (Wildman–Crippen LogP) is 3.57. The lowest BCUT2D eigenvalue weighted by Gasteiger charge is -2.34. The number of likely N-dealkylation sites (N-methyl/N-ethyl adjacent to an activating group) is 1. The Bertz CT molecular complexity index is 435. The van der Waals surface area contributed by atoms with Crippen LogP contribution in [0.15, 0.2) is 24.3 Å². The van der Waals surface area contributed by atoms with Gasteiger partial charge in [0.15, 0.2) is 0 Å². The topological polar surface area (TPSA) is 40.5 Å². The van der Waals surface area contributed by atoms with E-state index in [1.165, 1.54) is 5.56 Å². The molecule has 0 heterocycles. The van der Waals surface area contributed by atoms with Crippen molar-refractivity contribution in [2.24, 2.45) is 5.92 Å². The maximum Gasteiger partial charge on any atom is 0.323 e. The van der Waals surface area contributed by atoms with Gasteiger partial charge in [-0.25, -0.2) is 0 Å². The van der Waals surface area contributed by atoms with E-state index in [9.17, 15) is 9.90 Å². The molecule has 3 nitrogen and oxygen atoms in total. The highest BCUT2D eigenvalue weighted by molar-refractivity contribution is 5.77. The number of hydrogen-bond donors (Lipinski definition) is 1. The van der Waals surface area contributed by atoms with Crippen LogP contribution in [0.3, 0.4) is 0 Å². The van der Waals surface area contributed by atoms with Gasteiger partial charge in [-0.3, -0.25) is 9.69 Å². The fraction of sp³-hybridized carbons (Fsp3) is 0.588. The highest BCUT2D eigenvalue weighted by Crippen LogP contribution is 2.19. The van der Waals surface area contributed by atoms with Crippen LogP contribution in [-0.2, 0) is 17.8 Å². The molecule has 1 N–H and O–H groups in total. The van der Waals surface area contributed by atoms with Crippen LogP contribution < -0.4 is 0 Å². The van der Waals surface area contributed by atoms with Crippen LogP contribution in [0.25, 0.3) is 0 Å². The molecule has 0 aliphatic carbocycles. The second-order valence-corrected chi connectivity index (χ2v) is 6.29.